The Balaban J connectivity index is 1.79. The summed E-state index contributed by atoms with van der Waals surface area (Å²) in [6.07, 6.45) is 3.86. The normalized spacial score (nSPS) is 29.5. The van der Waals surface area contributed by atoms with Gasteiger partial charge in [0.2, 0.25) is 6.19 Å². The fraction of sp³-hybridized carbons (Fsp3) is 0.846. The zero-order chi connectivity index (χ0) is 13.7. The molecular formula is C13H22N4OS. The van der Waals surface area contributed by atoms with E-state index in [1.807, 2.05) is 12.4 Å². The zero-order valence-corrected chi connectivity index (χ0v) is 12.5. The van der Waals surface area contributed by atoms with Crippen LogP contribution >= 0.6 is 11.8 Å². The second-order valence-corrected chi connectivity index (χ2v) is 6.03. The van der Waals surface area contributed by atoms with Gasteiger partial charge in [0.25, 0.3) is 0 Å². The number of ether oxygens (including phenoxy) is 1. The van der Waals surface area contributed by atoms with Gasteiger partial charge in [-0.1, -0.05) is 18.7 Å². The Morgan fingerprint density at radius 3 is 2.63 bits per heavy atom. The monoisotopic (exact) mass is 282 g/mol. The van der Waals surface area contributed by atoms with E-state index in [-0.39, 0.29) is 0 Å². The van der Waals surface area contributed by atoms with Crippen LogP contribution in [0.15, 0.2) is 4.99 Å². The van der Waals surface area contributed by atoms with Crippen molar-refractivity contribution in [1.29, 1.82) is 5.26 Å². The van der Waals surface area contributed by atoms with E-state index in [2.05, 4.69) is 21.7 Å². The molecule has 19 heavy (non-hydrogen) atoms. The predicted molar refractivity (Wildman–Crippen MR) is 78.0 cm³/mol. The maximum Gasteiger partial charge on any atom is 0.208 e. The molecule has 0 aromatic heterocycles. The van der Waals surface area contributed by atoms with E-state index in [0.717, 1.165) is 51.1 Å². The number of nitriles is 1. The molecule has 0 bridgehead atoms. The van der Waals surface area contributed by atoms with Gasteiger partial charge in [-0.15, -0.1) is 4.99 Å². The van der Waals surface area contributed by atoms with Gasteiger partial charge in [0.1, 0.15) is 0 Å². The molecular weight excluding hydrogens is 260 g/mol. The van der Waals surface area contributed by atoms with Gasteiger partial charge in [-0.25, -0.2) is 0 Å². The number of hydrogen-bond donors (Lipinski definition) is 0. The first kappa shape index (κ1) is 14.6. The highest BCUT2D eigenvalue weighted by atomic mass is 32.2. The lowest BCUT2D eigenvalue weighted by atomic mass is 9.97. The minimum atomic E-state index is 0.680. The topological polar surface area (TPSA) is 51.9 Å². The molecule has 2 heterocycles. The van der Waals surface area contributed by atoms with Crippen LogP contribution in [0.3, 0.4) is 0 Å². The van der Waals surface area contributed by atoms with Crippen LogP contribution in [-0.2, 0) is 4.74 Å². The molecule has 5 nitrogen and oxygen atoms in total. The first-order chi connectivity index (χ1) is 9.24. The molecule has 6 heteroatoms. The fourth-order valence-electron chi connectivity index (χ4n) is 2.68. The van der Waals surface area contributed by atoms with E-state index in [9.17, 15) is 0 Å². The maximum atomic E-state index is 8.67. The number of piperazine rings is 1. The highest BCUT2D eigenvalue weighted by Crippen LogP contribution is 2.21. The summed E-state index contributed by atoms with van der Waals surface area (Å²) in [4.78, 5) is 8.60. The van der Waals surface area contributed by atoms with Crippen molar-refractivity contribution in [2.24, 2.45) is 16.8 Å². The quantitative estimate of drug-likeness (QED) is 0.431. The zero-order valence-electron chi connectivity index (χ0n) is 11.7. The number of amidine groups is 1. The van der Waals surface area contributed by atoms with Crippen LogP contribution < -0.4 is 0 Å². The van der Waals surface area contributed by atoms with E-state index in [1.54, 1.807) is 11.8 Å². The average molecular weight is 282 g/mol. The lowest BCUT2D eigenvalue weighted by Gasteiger charge is -2.37. The molecule has 2 atom stereocenters. The van der Waals surface area contributed by atoms with Gasteiger partial charge in [0.05, 0.1) is 6.61 Å². The van der Waals surface area contributed by atoms with E-state index >= 15 is 0 Å². The molecule has 0 amide bonds. The molecule has 106 valence electrons. The van der Waals surface area contributed by atoms with Crippen LogP contribution in [0.25, 0.3) is 0 Å². The molecule has 0 aromatic rings. The fourth-order valence-corrected chi connectivity index (χ4v) is 3.25. The van der Waals surface area contributed by atoms with Crippen molar-refractivity contribution in [3.05, 3.63) is 0 Å². The Morgan fingerprint density at radius 1 is 1.37 bits per heavy atom. The summed E-state index contributed by atoms with van der Waals surface area (Å²) < 4.78 is 5.52. The molecule has 2 fully saturated rings. The predicted octanol–water partition coefficient (Wildman–Crippen LogP) is 1.09. The third kappa shape index (κ3) is 3.85. The highest BCUT2D eigenvalue weighted by Gasteiger charge is 2.28. The van der Waals surface area contributed by atoms with Gasteiger partial charge in [-0.3, -0.25) is 4.90 Å². The molecule has 0 spiro atoms. The van der Waals surface area contributed by atoms with E-state index < -0.39 is 0 Å². The second-order valence-electron chi connectivity index (χ2n) is 5.26. The van der Waals surface area contributed by atoms with Crippen LogP contribution in [0.1, 0.15) is 6.92 Å². The van der Waals surface area contributed by atoms with Crippen molar-refractivity contribution in [3.8, 4) is 6.19 Å². The van der Waals surface area contributed by atoms with Crippen molar-refractivity contribution in [2.75, 3.05) is 52.2 Å². The van der Waals surface area contributed by atoms with Gasteiger partial charge in [-0.05, 0) is 18.1 Å². The largest absolute Gasteiger partial charge is 0.381 e. The summed E-state index contributed by atoms with van der Waals surface area (Å²) in [7, 11) is 0. The lowest BCUT2D eigenvalue weighted by Crippen LogP contribution is -2.49. The Kier molecular flexibility index (Phi) is 5.49. The van der Waals surface area contributed by atoms with Gasteiger partial charge in [0.15, 0.2) is 5.17 Å². The van der Waals surface area contributed by atoms with Crippen LogP contribution in [0, 0.1) is 23.3 Å². The second kappa shape index (κ2) is 7.13. The first-order valence-corrected chi connectivity index (χ1v) is 8.03. The molecule has 0 N–H and O–H groups in total. The van der Waals surface area contributed by atoms with Crippen LogP contribution in [0.2, 0.25) is 0 Å². The molecule has 2 aliphatic rings. The number of hydrogen-bond acceptors (Lipinski definition) is 5. The summed E-state index contributed by atoms with van der Waals surface area (Å²) in [6, 6.07) is 0. The standard InChI is InChI=1S/C13H22N4OS/c1-11-8-18-9-12(11)7-16-3-5-17(6-4-16)13(19-2)15-10-14/h11-12H,3-9H2,1-2H3. The number of nitrogens with zero attached hydrogens (tertiary/aromatic N) is 4. The molecule has 2 aliphatic heterocycles. The van der Waals surface area contributed by atoms with E-state index in [4.69, 9.17) is 10.00 Å². The molecule has 0 radical (unpaired) electrons. The van der Waals surface area contributed by atoms with Crippen LogP contribution in [0.5, 0.6) is 0 Å². The molecule has 0 saturated carbocycles. The molecule has 2 rings (SSSR count). The van der Waals surface area contributed by atoms with Crippen molar-refractivity contribution >= 4 is 16.9 Å². The minimum absolute atomic E-state index is 0.680. The maximum absolute atomic E-state index is 8.67. The average Bonchev–Trinajstić information content (AvgIpc) is 2.83. The summed E-state index contributed by atoms with van der Waals surface area (Å²) in [6.45, 7) is 9.26. The minimum Gasteiger partial charge on any atom is -0.381 e. The Morgan fingerprint density at radius 2 is 2.11 bits per heavy atom. The molecule has 0 aliphatic carbocycles. The Bertz CT molecular complexity index is 360. The van der Waals surface area contributed by atoms with Gasteiger partial charge >= 0.3 is 0 Å². The van der Waals surface area contributed by atoms with Crippen molar-refractivity contribution in [2.45, 2.75) is 6.92 Å². The van der Waals surface area contributed by atoms with Gasteiger partial charge < -0.3 is 9.64 Å². The summed E-state index contributed by atoms with van der Waals surface area (Å²) in [5, 5.41) is 9.51. The summed E-state index contributed by atoms with van der Waals surface area (Å²) >= 11 is 1.55. The van der Waals surface area contributed by atoms with E-state index in [1.165, 1.54) is 0 Å². The van der Waals surface area contributed by atoms with Crippen molar-refractivity contribution in [1.82, 2.24) is 9.80 Å². The number of rotatable bonds is 2. The van der Waals surface area contributed by atoms with Gasteiger partial charge in [-0.2, -0.15) is 5.26 Å². The summed E-state index contributed by atoms with van der Waals surface area (Å²) in [5.74, 6) is 1.36. The number of aliphatic imine (C=N–C) groups is 1. The molecule has 2 unspecified atom stereocenters. The number of thioether (sulfide) groups is 1. The Hall–Kier alpha value is -0.770. The Labute approximate surface area is 119 Å². The van der Waals surface area contributed by atoms with Crippen molar-refractivity contribution in [3.63, 3.8) is 0 Å². The highest BCUT2D eigenvalue weighted by molar-refractivity contribution is 8.13. The smallest absolute Gasteiger partial charge is 0.208 e. The molecule has 2 saturated heterocycles. The first-order valence-electron chi connectivity index (χ1n) is 6.80. The lowest BCUT2D eigenvalue weighted by molar-refractivity contribution is 0.140. The third-order valence-electron chi connectivity index (χ3n) is 3.98. The SMILES string of the molecule is CSC(=NC#N)N1CCN(CC2COCC2C)CC1. The van der Waals surface area contributed by atoms with Crippen molar-refractivity contribution < 1.29 is 4.74 Å². The van der Waals surface area contributed by atoms with Crippen LogP contribution in [-0.4, -0.2) is 67.2 Å². The molecule has 0 aromatic carbocycles. The third-order valence-corrected chi connectivity index (χ3v) is 4.70. The summed E-state index contributed by atoms with van der Waals surface area (Å²) in [5.41, 5.74) is 0. The van der Waals surface area contributed by atoms with Gasteiger partial charge in [0, 0.05) is 39.3 Å². The van der Waals surface area contributed by atoms with E-state index in [0.29, 0.717) is 11.8 Å². The van der Waals surface area contributed by atoms with Crippen LogP contribution in [0.4, 0.5) is 0 Å².